The lowest BCUT2D eigenvalue weighted by Gasteiger charge is -2.09. The summed E-state index contributed by atoms with van der Waals surface area (Å²) < 4.78 is 42.3. The molecule has 5 nitrogen and oxygen atoms in total. The van der Waals surface area contributed by atoms with Gasteiger partial charge in [-0.25, -0.2) is 9.66 Å². The Balaban J connectivity index is 2.09. The van der Waals surface area contributed by atoms with E-state index in [0.717, 1.165) is 0 Å². The first-order valence-corrected chi connectivity index (χ1v) is 5.99. The number of aromatic nitrogens is 2. The van der Waals surface area contributed by atoms with Crippen LogP contribution in [0.5, 0.6) is 5.75 Å². The maximum absolute atomic E-state index is 12.1. The van der Waals surface area contributed by atoms with Crippen molar-refractivity contribution in [1.82, 2.24) is 9.66 Å². The van der Waals surface area contributed by atoms with E-state index in [2.05, 4.69) is 14.8 Å². The first kappa shape index (κ1) is 14.9. The molecule has 0 amide bonds. The van der Waals surface area contributed by atoms with E-state index in [1.165, 1.54) is 23.0 Å². The van der Waals surface area contributed by atoms with Gasteiger partial charge in [0.1, 0.15) is 5.75 Å². The van der Waals surface area contributed by atoms with E-state index in [1.807, 2.05) is 0 Å². The molecule has 0 atom stereocenters. The fourth-order valence-electron chi connectivity index (χ4n) is 1.58. The average molecular weight is 298 g/mol. The molecule has 0 spiro atoms. The van der Waals surface area contributed by atoms with Crippen LogP contribution in [0, 0.1) is 6.92 Å². The number of anilines is 1. The predicted octanol–water partition coefficient (Wildman–Crippen LogP) is 2.60. The van der Waals surface area contributed by atoms with E-state index >= 15 is 0 Å². The van der Waals surface area contributed by atoms with Crippen molar-refractivity contribution in [2.45, 2.75) is 13.1 Å². The molecule has 2 N–H and O–H groups in total. The number of benzene rings is 1. The van der Waals surface area contributed by atoms with Crippen LogP contribution >= 0.6 is 0 Å². The number of rotatable bonds is 4. The molecule has 1 aromatic heterocycles. The third-order valence-electron chi connectivity index (χ3n) is 2.43. The van der Waals surface area contributed by atoms with Crippen LogP contribution in [0.1, 0.15) is 11.3 Å². The molecule has 1 heterocycles. The van der Waals surface area contributed by atoms with Gasteiger partial charge in [0.15, 0.2) is 6.61 Å². The summed E-state index contributed by atoms with van der Waals surface area (Å²) in [4.78, 5) is 3.97. The van der Waals surface area contributed by atoms with Crippen molar-refractivity contribution >= 4 is 12.2 Å². The number of aryl methyl sites for hydroxylation is 1. The maximum atomic E-state index is 12.1. The molecule has 0 aliphatic carbocycles. The van der Waals surface area contributed by atoms with Crippen LogP contribution in [-0.4, -0.2) is 28.7 Å². The van der Waals surface area contributed by atoms with Gasteiger partial charge in [-0.1, -0.05) is 12.1 Å². The van der Waals surface area contributed by atoms with Gasteiger partial charge >= 0.3 is 6.18 Å². The van der Waals surface area contributed by atoms with Crippen molar-refractivity contribution in [3.8, 4) is 5.75 Å². The largest absolute Gasteiger partial charge is 0.484 e. The Labute approximate surface area is 118 Å². The molecule has 0 fully saturated rings. The molecule has 0 unspecified atom stereocenters. The SMILES string of the molecule is Cc1cn(N=Cc2cccc(OCC(F)(F)F)c2)c(N)n1. The summed E-state index contributed by atoms with van der Waals surface area (Å²) >= 11 is 0. The van der Waals surface area contributed by atoms with Crippen molar-refractivity contribution in [3.63, 3.8) is 0 Å². The smallest absolute Gasteiger partial charge is 0.422 e. The van der Waals surface area contributed by atoms with Crippen LogP contribution < -0.4 is 10.5 Å². The Bertz CT molecular complexity index is 649. The Morgan fingerprint density at radius 3 is 2.81 bits per heavy atom. The molecule has 0 aliphatic heterocycles. The Morgan fingerprint density at radius 1 is 1.43 bits per heavy atom. The molecule has 1 aromatic carbocycles. The van der Waals surface area contributed by atoms with Gasteiger partial charge in [-0.05, 0) is 24.6 Å². The van der Waals surface area contributed by atoms with Crippen LogP contribution in [0.25, 0.3) is 0 Å². The van der Waals surface area contributed by atoms with Gasteiger partial charge < -0.3 is 10.5 Å². The number of hydrogen-bond donors (Lipinski definition) is 1. The van der Waals surface area contributed by atoms with Gasteiger partial charge in [0.05, 0.1) is 18.1 Å². The zero-order valence-corrected chi connectivity index (χ0v) is 11.1. The van der Waals surface area contributed by atoms with Crippen molar-refractivity contribution in [2.75, 3.05) is 12.3 Å². The molecule has 21 heavy (non-hydrogen) atoms. The Morgan fingerprint density at radius 2 is 2.19 bits per heavy atom. The van der Waals surface area contributed by atoms with E-state index in [4.69, 9.17) is 5.73 Å². The Kier molecular flexibility index (Phi) is 4.15. The minimum atomic E-state index is -4.37. The van der Waals surface area contributed by atoms with Gasteiger partial charge in [-0.15, -0.1) is 0 Å². The molecular weight excluding hydrogens is 285 g/mol. The second kappa shape index (κ2) is 5.86. The highest BCUT2D eigenvalue weighted by atomic mass is 19.4. The number of alkyl halides is 3. The number of nitrogens with two attached hydrogens (primary N) is 1. The molecule has 0 radical (unpaired) electrons. The van der Waals surface area contributed by atoms with E-state index in [-0.39, 0.29) is 11.7 Å². The lowest BCUT2D eigenvalue weighted by Crippen LogP contribution is -2.19. The summed E-state index contributed by atoms with van der Waals surface area (Å²) in [6, 6.07) is 6.16. The van der Waals surface area contributed by atoms with Crippen LogP contribution in [0.3, 0.4) is 0 Å². The average Bonchev–Trinajstić information content (AvgIpc) is 2.72. The van der Waals surface area contributed by atoms with Gasteiger partial charge in [0.2, 0.25) is 5.95 Å². The zero-order chi connectivity index (χ0) is 15.5. The van der Waals surface area contributed by atoms with Gasteiger partial charge in [-0.3, -0.25) is 0 Å². The highest BCUT2D eigenvalue weighted by molar-refractivity contribution is 5.80. The first-order valence-electron chi connectivity index (χ1n) is 5.99. The minimum Gasteiger partial charge on any atom is -0.484 e. The molecule has 2 aromatic rings. The molecule has 0 aliphatic rings. The number of halogens is 3. The van der Waals surface area contributed by atoms with Gasteiger partial charge in [0.25, 0.3) is 0 Å². The normalized spacial score (nSPS) is 12.0. The second-order valence-corrected chi connectivity index (χ2v) is 4.31. The predicted molar refractivity (Wildman–Crippen MR) is 72.4 cm³/mol. The fourth-order valence-corrected chi connectivity index (χ4v) is 1.58. The number of nitrogen functional groups attached to an aromatic ring is 1. The molecule has 0 bridgehead atoms. The summed E-state index contributed by atoms with van der Waals surface area (Å²) in [5.41, 5.74) is 6.92. The van der Waals surface area contributed by atoms with Crippen molar-refractivity contribution < 1.29 is 17.9 Å². The number of hydrogen-bond acceptors (Lipinski definition) is 4. The standard InChI is InChI=1S/C13H13F3N4O/c1-9-7-20(12(17)19-9)18-6-10-3-2-4-11(5-10)21-8-13(14,15)16/h2-7H,8H2,1H3,(H2,17,19). The van der Waals surface area contributed by atoms with Crippen molar-refractivity contribution in [2.24, 2.45) is 5.10 Å². The number of imidazole rings is 1. The van der Waals surface area contributed by atoms with Crippen molar-refractivity contribution in [1.29, 1.82) is 0 Å². The van der Waals surface area contributed by atoms with Gasteiger partial charge in [0, 0.05) is 0 Å². The zero-order valence-electron chi connectivity index (χ0n) is 11.1. The highest BCUT2D eigenvalue weighted by Crippen LogP contribution is 2.19. The lowest BCUT2D eigenvalue weighted by atomic mass is 10.2. The molecular formula is C13H13F3N4O. The quantitative estimate of drug-likeness (QED) is 0.882. The summed E-state index contributed by atoms with van der Waals surface area (Å²) in [7, 11) is 0. The second-order valence-electron chi connectivity index (χ2n) is 4.31. The topological polar surface area (TPSA) is 65.4 Å². The third-order valence-corrected chi connectivity index (χ3v) is 2.43. The monoisotopic (exact) mass is 298 g/mol. The molecule has 0 saturated heterocycles. The molecule has 0 saturated carbocycles. The molecule has 8 heteroatoms. The highest BCUT2D eigenvalue weighted by Gasteiger charge is 2.28. The van der Waals surface area contributed by atoms with Crippen molar-refractivity contribution in [3.05, 3.63) is 41.7 Å². The Hall–Kier alpha value is -2.51. The van der Waals surface area contributed by atoms with E-state index in [9.17, 15) is 13.2 Å². The van der Waals surface area contributed by atoms with E-state index in [0.29, 0.717) is 11.3 Å². The minimum absolute atomic E-state index is 0.117. The maximum Gasteiger partial charge on any atom is 0.422 e. The van der Waals surface area contributed by atoms with Crippen LogP contribution in [0.4, 0.5) is 19.1 Å². The lowest BCUT2D eigenvalue weighted by molar-refractivity contribution is -0.153. The van der Waals surface area contributed by atoms with Crippen LogP contribution in [0.2, 0.25) is 0 Å². The van der Waals surface area contributed by atoms with Crippen LogP contribution in [-0.2, 0) is 0 Å². The molecule has 112 valence electrons. The summed E-state index contributed by atoms with van der Waals surface area (Å²) in [6.07, 6.45) is -1.28. The van der Waals surface area contributed by atoms with E-state index in [1.54, 1.807) is 25.3 Å². The summed E-state index contributed by atoms with van der Waals surface area (Å²) in [6.45, 7) is 0.440. The van der Waals surface area contributed by atoms with E-state index < -0.39 is 12.8 Å². The molecule has 2 rings (SSSR count). The van der Waals surface area contributed by atoms with Crippen LogP contribution in [0.15, 0.2) is 35.6 Å². The summed E-state index contributed by atoms with van der Waals surface area (Å²) in [5, 5.41) is 4.07. The van der Waals surface area contributed by atoms with Gasteiger partial charge in [-0.2, -0.15) is 18.3 Å². The fraction of sp³-hybridized carbons (Fsp3) is 0.231. The third kappa shape index (κ3) is 4.51. The summed E-state index contributed by atoms with van der Waals surface area (Å²) in [5.74, 6) is 0.347. The number of nitrogens with zero attached hydrogens (tertiary/aromatic N) is 3. The number of ether oxygens (including phenoxy) is 1. The first-order chi connectivity index (χ1) is 9.83.